The van der Waals surface area contributed by atoms with Gasteiger partial charge in [-0.25, -0.2) is 4.98 Å². The Balaban J connectivity index is 2.22. The fourth-order valence-electron chi connectivity index (χ4n) is 2.40. The van der Waals surface area contributed by atoms with Crippen LogP contribution in [0.15, 0.2) is 16.7 Å². The number of nitrogens with one attached hydrogen (secondary N) is 1. The highest BCUT2D eigenvalue weighted by Gasteiger charge is 2.43. The summed E-state index contributed by atoms with van der Waals surface area (Å²) in [5, 5.41) is 2.78. The molecule has 1 fully saturated rings. The van der Waals surface area contributed by atoms with Crippen LogP contribution >= 0.6 is 15.9 Å². The van der Waals surface area contributed by atoms with E-state index in [1.165, 1.54) is 11.1 Å². The first-order valence-electron chi connectivity index (χ1n) is 6.52. The van der Waals surface area contributed by atoms with Crippen LogP contribution in [0, 0.1) is 5.92 Å². The number of halogens is 4. The molecule has 1 aromatic rings. The van der Waals surface area contributed by atoms with E-state index in [0.29, 0.717) is 23.3 Å². The Morgan fingerprint density at radius 1 is 1.52 bits per heavy atom. The number of carbonyl (C=O) groups excluding carboxylic acids is 1. The third-order valence-electron chi connectivity index (χ3n) is 3.49. The van der Waals surface area contributed by atoms with Crippen molar-refractivity contribution in [3.8, 4) is 0 Å². The van der Waals surface area contributed by atoms with E-state index in [-0.39, 0.29) is 18.5 Å². The molecule has 0 saturated carbocycles. The van der Waals surface area contributed by atoms with Crippen LogP contribution in [0.25, 0.3) is 0 Å². The van der Waals surface area contributed by atoms with Gasteiger partial charge >= 0.3 is 6.18 Å². The molecule has 0 aromatic carbocycles. The molecule has 0 aliphatic carbocycles. The molecule has 8 heteroatoms. The SMILES string of the molecule is CNc1ncc(Br)cc1C(=O)N1CCCC(C(F)(F)F)C1. The molecule has 0 spiro atoms. The smallest absolute Gasteiger partial charge is 0.372 e. The second-order valence-corrected chi connectivity index (χ2v) is 5.85. The van der Waals surface area contributed by atoms with Crippen molar-refractivity contribution in [2.45, 2.75) is 19.0 Å². The molecule has 0 radical (unpaired) electrons. The third kappa shape index (κ3) is 3.66. The minimum Gasteiger partial charge on any atom is -0.372 e. The third-order valence-corrected chi connectivity index (χ3v) is 3.93. The molecule has 1 amide bonds. The molecule has 0 bridgehead atoms. The van der Waals surface area contributed by atoms with Gasteiger partial charge in [0.25, 0.3) is 5.91 Å². The van der Waals surface area contributed by atoms with E-state index in [1.54, 1.807) is 13.1 Å². The second kappa shape index (κ2) is 6.21. The lowest BCUT2D eigenvalue weighted by Crippen LogP contribution is -2.44. The summed E-state index contributed by atoms with van der Waals surface area (Å²) in [6.45, 7) is 0.0408. The van der Waals surface area contributed by atoms with Gasteiger partial charge in [0.15, 0.2) is 0 Å². The molecule has 116 valence electrons. The van der Waals surface area contributed by atoms with E-state index in [0.717, 1.165) is 0 Å². The number of anilines is 1. The Morgan fingerprint density at radius 3 is 2.86 bits per heavy atom. The Bertz CT molecular complexity index is 536. The number of hydrogen-bond acceptors (Lipinski definition) is 3. The first-order valence-corrected chi connectivity index (χ1v) is 7.31. The van der Waals surface area contributed by atoms with Crippen LogP contribution in [0.3, 0.4) is 0 Å². The lowest BCUT2D eigenvalue weighted by atomic mass is 9.97. The summed E-state index contributed by atoms with van der Waals surface area (Å²) in [7, 11) is 1.61. The maximum Gasteiger partial charge on any atom is 0.393 e. The number of hydrogen-bond donors (Lipinski definition) is 1. The van der Waals surface area contributed by atoms with Gasteiger partial charge in [-0.1, -0.05) is 0 Å². The molecular formula is C13H15BrF3N3O. The van der Waals surface area contributed by atoms with Gasteiger partial charge in [0, 0.05) is 30.8 Å². The van der Waals surface area contributed by atoms with Gasteiger partial charge < -0.3 is 10.2 Å². The average Bonchev–Trinajstić information content (AvgIpc) is 2.45. The number of rotatable bonds is 2. The van der Waals surface area contributed by atoms with Crippen molar-refractivity contribution in [2.24, 2.45) is 5.92 Å². The molecule has 1 N–H and O–H groups in total. The van der Waals surface area contributed by atoms with Gasteiger partial charge in [0.2, 0.25) is 0 Å². The summed E-state index contributed by atoms with van der Waals surface area (Å²) in [5.74, 6) is -1.52. The Morgan fingerprint density at radius 2 is 2.24 bits per heavy atom. The minimum atomic E-state index is -4.26. The van der Waals surface area contributed by atoms with E-state index in [1.807, 2.05) is 0 Å². The Hall–Kier alpha value is -1.31. The van der Waals surface area contributed by atoms with Crippen LogP contribution in [0.2, 0.25) is 0 Å². The van der Waals surface area contributed by atoms with Crippen LogP contribution in [-0.2, 0) is 0 Å². The van der Waals surface area contributed by atoms with E-state index < -0.39 is 18.0 Å². The number of carbonyl (C=O) groups is 1. The number of alkyl halides is 3. The van der Waals surface area contributed by atoms with E-state index in [9.17, 15) is 18.0 Å². The Labute approximate surface area is 128 Å². The molecule has 1 aliphatic rings. The van der Waals surface area contributed by atoms with Gasteiger partial charge in [-0.05, 0) is 34.8 Å². The molecule has 1 aliphatic heterocycles. The summed E-state index contributed by atoms with van der Waals surface area (Å²) in [6, 6.07) is 1.57. The van der Waals surface area contributed by atoms with E-state index >= 15 is 0 Å². The van der Waals surface area contributed by atoms with Crippen LogP contribution in [0.1, 0.15) is 23.2 Å². The van der Waals surface area contributed by atoms with Crippen molar-refractivity contribution in [2.75, 3.05) is 25.5 Å². The molecule has 1 atom stereocenters. The fraction of sp³-hybridized carbons (Fsp3) is 0.538. The largest absolute Gasteiger partial charge is 0.393 e. The van der Waals surface area contributed by atoms with Gasteiger partial charge in [-0.2, -0.15) is 13.2 Å². The molecule has 1 aromatic heterocycles. The van der Waals surface area contributed by atoms with E-state index in [4.69, 9.17) is 0 Å². The highest BCUT2D eigenvalue weighted by atomic mass is 79.9. The zero-order valence-corrected chi connectivity index (χ0v) is 13.0. The average molecular weight is 366 g/mol. The summed E-state index contributed by atoms with van der Waals surface area (Å²) in [5.41, 5.74) is 0.273. The second-order valence-electron chi connectivity index (χ2n) is 4.93. The van der Waals surface area contributed by atoms with Crippen LogP contribution in [-0.4, -0.2) is 42.1 Å². The summed E-state index contributed by atoms with van der Waals surface area (Å²) in [4.78, 5) is 17.8. The number of aromatic nitrogens is 1. The first kappa shape index (κ1) is 16.1. The molecular weight excluding hydrogens is 351 g/mol. The zero-order chi connectivity index (χ0) is 15.6. The van der Waals surface area contributed by atoms with E-state index in [2.05, 4.69) is 26.2 Å². The molecule has 2 rings (SSSR count). The van der Waals surface area contributed by atoms with Crippen LogP contribution < -0.4 is 5.32 Å². The normalized spacial score (nSPS) is 19.5. The van der Waals surface area contributed by atoms with Crippen LogP contribution in [0.4, 0.5) is 19.0 Å². The predicted octanol–water partition coefficient (Wildman–Crippen LogP) is 3.30. The quantitative estimate of drug-likeness (QED) is 0.874. The predicted molar refractivity (Wildman–Crippen MR) is 76.2 cm³/mol. The van der Waals surface area contributed by atoms with Crippen LogP contribution in [0.5, 0.6) is 0 Å². The highest BCUT2D eigenvalue weighted by molar-refractivity contribution is 9.10. The van der Waals surface area contributed by atoms with Gasteiger partial charge in [-0.15, -0.1) is 0 Å². The van der Waals surface area contributed by atoms with Gasteiger partial charge in [0.05, 0.1) is 11.5 Å². The molecule has 1 unspecified atom stereocenters. The van der Waals surface area contributed by atoms with Gasteiger partial charge in [-0.3, -0.25) is 4.79 Å². The summed E-state index contributed by atoms with van der Waals surface area (Å²) in [6.07, 6.45) is -2.31. The fourth-order valence-corrected chi connectivity index (χ4v) is 2.73. The zero-order valence-electron chi connectivity index (χ0n) is 11.4. The molecule has 4 nitrogen and oxygen atoms in total. The Kier molecular flexibility index (Phi) is 4.75. The standard InChI is InChI=1S/C13H15BrF3N3O/c1-18-11-10(5-9(14)6-19-11)12(21)20-4-2-3-8(7-20)13(15,16)17/h5-6,8H,2-4,7H2,1H3,(H,18,19). The summed E-state index contributed by atoms with van der Waals surface area (Å²) >= 11 is 3.22. The minimum absolute atomic E-state index is 0.0723. The van der Waals surface area contributed by atoms with Crippen molar-refractivity contribution in [1.29, 1.82) is 0 Å². The number of amides is 1. The van der Waals surface area contributed by atoms with Crippen molar-refractivity contribution in [3.05, 3.63) is 22.3 Å². The number of pyridine rings is 1. The lowest BCUT2D eigenvalue weighted by Gasteiger charge is -2.34. The highest BCUT2D eigenvalue weighted by Crippen LogP contribution is 2.34. The number of likely N-dealkylation sites (tertiary alicyclic amines) is 1. The summed E-state index contributed by atoms with van der Waals surface area (Å²) < 4.78 is 39.1. The van der Waals surface area contributed by atoms with Crippen molar-refractivity contribution < 1.29 is 18.0 Å². The van der Waals surface area contributed by atoms with Crippen molar-refractivity contribution >= 4 is 27.7 Å². The van der Waals surface area contributed by atoms with Crippen molar-refractivity contribution in [3.63, 3.8) is 0 Å². The van der Waals surface area contributed by atoms with Gasteiger partial charge in [0.1, 0.15) is 5.82 Å². The topological polar surface area (TPSA) is 45.2 Å². The van der Waals surface area contributed by atoms with Crippen molar-refractivity contribution in [1.82, 2.24) is 9.88 Å². The molecule has 2 heterocycles. The maximum atomic E-state index is 12.8. The maximum absolute atomic E-state index is 12.8. The number of piperidine rings is 1. The monoisotopic (exact) mass is 365 g/mol. The molecule has 21 heavy (non-hydrogen) atoms. The molecule has 1 saturated heterocycles. The number of nitrogens with zero attached hydrogens (tertiary/aromatic N) is 2. The first-order chi connectivity index (χ1) is 9.82. The lowest BCUT2D eigenvalue weighted by molar-refractivity contribution is -0.184.